The molecule has 3 rings (SSSR count). The molecule has 6 nitrogen and oxygen atoms in total. The van der Waals surface area contributed by atoms with Crippen LogP contribution in [0.4, 0.5) is 11.6 Å². The second-order valence-corrected chi connectivity index (χ2v) is 6.64. The molecule has 2 aromatic heterocycles. The van der Waals surface area contributed by atoms with E-state index in [9.17, 15) is 4.79 Å². The highest BCUT2D eigenvalue weighted by Crippen LogP contribution is 2.40. The van der Waals surface area contributed by atoms with Gasteiger partial charge in [0.1, 0.15) is 9.71 Å². The lowest BCUT2D eigenvalue weighted by atomic mass is 10.0. The lowest BCUT2D eigenvalue weighted by Crippen LogP contribution is -2.17. The van der Waals surface area contributed by atoms with Crippen molar-refractivity contribution in [2.45, 2.75) is 6.92 Å². The first-order chi connectivity index (χ1) is 11.5. The van der Waals surface area contributed by atoms with Gasteiger partial charge in [0.2, 0.25) is 5.95 Å². The van der Waals surface area contributed by atoms with E-state index in [-0.39, 0.29) is 5.91 Å². The number of fused-ring (bicyclic) bond motifs is 1. The Morgan fingerprint density at radius 3 is 2.67 bits per heavy atom. The van der Waals surface area contributed by atoms with Crippen molar-refractivity contribution in [1.29, 1.82) is 0 Å². The monoisotopic (exact) mass is 361 g/mol. The van der Waals surface area contributed by atoms with E-state index >= 15 is 0 Å². The Balaban J connectivity index is 2.37. The number of anilines is 2. The second kappa shape index (κ2) is 6.26. The normalized spacial score (nSPS) is 10.8. The number of aryl methyl sites for hydroxylation is 1. The molecule has 4 N–H and O–H groups in total. The molecule has 2 heterocycles. The van der Waals surface area contributed by atoms with Gasteiger partial charge in [0.25, 0.3) is 5.91 Å². The number of carbonyl (C=O) groups is 1. The molecule has 8 heteroatoms. The summed E-state index contributed by atoms with van der Waals surface area (Å²) in [6.45, 7) is 1.95. The molecule has 0 aliphatic carbocycles. The second-order valence-electron chi connectivity index (χ2n) is 5.21. The maximum Gasteiger partial charge on any atom is 0.263 e. The van der Waals surface area contributed by atoms with Crippen LogP contribution in [0.5, 0.6) is 0 Å². The minimum absolute atomic E-state index is 0.236. The van der Waals surface area contributed by atoms with Crippen LogP contribution in [0.15, 0.2) is 18.2 Å². The van der Waals surface area contributed by atoms with Crippen LogP contribution in [0, 0.1) is 6.92 Å². The zero-order chi connectivity index (χ0) is 17.4. The standard InChI is InChI=1S/C16H16ClN5OS/c1-7-6-8(17)4-5-9(7)12-10-11(18)13(14(23)19-2)24-15(10)22-16(20-3)21-12/h4-6H,18H2,1-3H3,(H,19,23)(H,20,21,22). The topological polar surface area (TPSA) is 92.9 Å². The van der Waals surface area contributed by atoms with E-state index in [0.29, 0.717) is 37.4 Å². The number of halogens is 1. The van der Waals surface area contributed by atoms with E-state index in [1.54, 1.807) is 20.2 Å². The van der Waals surface area contributed by atoms with Crippen molar-refractivity contribution in [3.63, 3.8) is 0 Å². The molecule has 1 aromatic carbocycles. The minimum atomic E-state index is -0.236. The minimum Gasteiger partial charge on any atom is -0.397 e. The highest BCUT2D eigenvalue weighted by molar-refractivity contribution is 7.21. The summed E-state index contributed by atoms with van der Waals surface area (Å²) in [6.07, 6.45) is 0. The maximum absolute atomic E-state index is 12.1. The molecule has 0 spiro atoms. The third kappa shape index (κ3) is 2.65. The van der Waals surface area contributed by atoms with Crippen LogP contribution in [0.3, 0.4) is 0 Å². The number of aromatic nitrogens is 2. The van der Waals surface area contributed by atoms with Gasteiger partial charge < -0.3 is 16.4 Å². The van der Waals surface area contributed by atoms with Crippen molar-refractivity contribution in [2.75, 3.05) is 25.1 Å². The number of rotatable bonds is 3. The largest absolute Gasteiger partial charge is 0.397 e. The lowest BCUT2D eigenvalue weighted by Gasteiger charge is -2.10. The van der Waals surface area contributed by atoms with Crippen molar-refractivity contribution < 1.29 is 4.79 Å². The number of nitrogens with zero attached hydrogens (tertiary/aromatic N) is 2. The molecule has 0 saturated heterocycles. The van der Waals surface area contributed by atoms with Gasteiger partial charge in [0, 0.05) is 24.7 Å². The van der Waals surface area contributed by atoms with Gasteiger partial charge in [-0.05, 0) is 24.6 Å². The van der Waals surface area contributed by atoms with E-state index < -0.39 is 0 Å². The summed E-state index contributed by atoms with van der Waals surface area (Å²) in [7, 11) is 3.32. The molecule has 124 valence electrons. The van der Waals surface area contributed by atoms with Gasteiger partial charge in [0.05, 0.1) is 16.8 Å². The maximum atomic E-state index is 12.1. The zero-order valence-corrected chi connectivity index (χ0v) is 15.0. The first-order valence-electron chi connectivity index (χ1n) is 7.22. The molecule has 0 unspecified atom stereocenters. The first-order valence-corrected chi connectivity index (χ1v) is 8.42. The van der Waals surface area contributed by atoms with Gasteiger partial charge in [-0.2, -0.15) is 0 Å². The number of nitrogen functional groups attached to an aromatic ring is 1. The van der Waals surface area contributed by atoms with Crippen LogP contribution in [0.25, 0.3) is 21.5 Å². The van der Waals surface area contributed by atoms with Gasteiger partial charge in [-0.3, -0.25) is 4.79 Å². The van der Waals surface area contributed by atoms with E-state index in [0.717, 1.165) is 11.1 Å². The SMILES string of the molecule is CNC(=O)c1sc2nc(NC)nc(-c3ccc(Cl)cc3C)c2c1N. The number of hydrogen-bond donors (Lipinski definition) is 3. The van der Waals surface area contributed by atoms with Crippen molar-refractivity contribution in [2.24, 2.45) is 0 Å². The summed E-state index contributed by atoms with van der Waals surface area (Å²) in [5, 5.41) is 6.88. The Morgan fingerprint density at radius 1 is 1.29 bits per heavy atom. The molecular formula is C16H16ClN5OS. The molecule has 0 aliphatic heterocycles. The van der Waals surface area contributed by atoms with Crippen molar-refractivity contribution in [1.82, 2.24) is 15.3 Å². The van der Waals surface area contributed by atoms with E-state index in [1.165, 1.54) is 11.3 Å². The van der Waals surface area contributed by atoms with Gasteiger partial charge in [-0.1, -0.05) is 17.7 Å². The van der Waals surface area contributed by atoms with E-state index in [4.69, 9.17) is 17.3 Å². The third-order valence-electron chi connectivity index (χ3n) is 3.69. The van der Waals surface area contributed by atoms with Crippen LogP contribution < -0.4 is 16.4 Å². The number of thiophene rings is 1. The average molecular weight is 362 g/mol. The summed E-state index contributed by atoms with van der Waals surface area (Å²) >= 11 is 7.31. The van der Waals surface area contributed by atoms with Gasteiger partial charge in [-0.25, -0.2) is 9.97 Å². The highest BCUT2D eigenvalue weighted by atomic mass is 35.5. The third-order valence-corrected chi connectivity index (χ3v) is 5.02. The molecular weight excluding hydrogens is 346 g/mol. The Hall–Kier alpha value is -2.38. The van der Waals surface area contributed by atoms with Crippen LogP contribution in [0.1, 0.15) is 15.2 Å². The predicted octanol–water partition coefficient (Wildman–Crippen LogP) is 3.30. The first kappa shape index (κ1) is 16.5. The number of nitrogens with one attached hydrogen (secondary N) is 2. The summed E-state index contributed by atoms with van der Waals surface area (Å²) < 4.78 is 0. The van der Waals surface area contributed by atoms with Gasteiger partial charge in [-0.15, -0.1) is 11.3 Å². The number of nitrogens with two attached hydrogens (primary N) is 1. The van der Waals surface area contributed by atoms with Gasteiger partial charge >= 0.3 is 0 Å². The van der Waals surface area contributed by atoms with Crippen molar-refractivity contribution in [3.8, 4) is 11.3 Å². The number of benzene rings is 1. The molecule has 3 aromatic rings. The number of carbonyl (C=O) groups excluding carboxylic acids is 1. The molecule has 0 atom stereocenters. The smallest absolute Gasteiger partial charge is 0.263 e. The summed E-state index contributed by atoms with van der Waals surface area (Å²) in [5.74, 6) is 0.233. The molecule has 0 radical (unpaired) electrons. The van der Waals surface area contributed by atoms with Crippen LogP contribution in [-0.4, -0.2) is 30.0 Å². The fraction of sp³-hybridized carbons (Fsp3) is 0.188. The Morgan fingerprint density at radius 2 is 2.04 bits per heavy atom. The fourth-order valence-corrected chi connectivity index (χ4v) is 3.77. The quantitative estimate of drug-likeness (QED) is 0.665. The summed E-state index contributed by atoms with van der Waals surface area (Å²) in [4.78, 5) is 22.2. The summed E-state index contributed by atoms with van der Waals surface area (Å²) in [6, 6.07) is 5.57. The Bertz CT molecular complexity index is 953. The molecule has 1 amide bonds. The van der Waals surface area contributed by atoms with E-state index in [1.807, 2.05) is 19.1 Å². The zero-order valence-electron chi connectivity index (χ0n) is 13.4. The van der Waals surface area contributed by atoms with Crippen LogP contribution in [-0.2, 0) is 0 Å². The fourth-order valence-electron chi connectivity index (χ4n) is 2.50. The molecule has 0 saturated carbocycles. The van der Waals surface area contributed by atoms with Gasteiger partial charge in [0.15, 0.2) is 0 Å². The Kier molecular flexibility index (Phi) is 4.29. The molecule has 24 heavy (non-hydrogen) atoms. The van der Waals surface area contributed by atoms with E-state index in [2.05, 4.69) is 20.6 Å². The molecule has 0 aliphatic rings. The molecule has 0 fully saturated rings. The van der Waals surface area contributed by atoms with Crippen molar-refractivity contribution in [3.05, 3.63) is 33.7 Å². The average Bonchev–Trinajstić information content (AvgIpc) is 2.90. The Labute approximate surface area is 148 Å². The predicted molar refractivity (Wildman–Crippen MR) is 99.9 cm³/mol. The number of amides is 1. The lowest BCUT2D eigenvalue weighted by molar-refractivity contribution is 0.0968. The summed E-state index contributed by atoms with van der Waals surface area (Å²) in [5.41, 5.74) is 9.19. The molecule has 0 bridgehead atoms. The van der Waals surface area contributed by atoms with Crippen LogP contribution >= 0.6 is 22.9 Å². The number of hydrogen-bond acceptors (Lipinski definition) is 6. The van der Waals surface area contributed by atoms with Crippen LogP contribution in [0.2, 0.25) is 5.02 Å². The highest BCUT2D eigenvalue weighted by Gasteiger charge is 2.22. The van der Waals surface area contributed by atoms with Crippen molar-refractivity contribution >= 4 is 50.7 Å².